The van der Waals surface area contributed by atoms with Gasteiger partial charge in [0.15, 0.2) is 12.1 Å². The summed E-state index contributed by atoms with van der Waals surface area (Å²) in [7, 11) is 0. The van der Waals surface area contributed by atoms with Crippen LogP contribution in [0.2, 0.25) is 0 Å². The molecule has 3 fully saturated rings. The Morgan fingerprint density at radius 2 is 1.62 bits per heavy atom. The zero-order valence-corrected chi connectivity index (χ0v) is 20.6. The first-order valence-corrected chi connectivity index (χ1v) is 12.5. The number of carbonyl (C=O) groups excluding carboxylic acids is 3. The zero-order valence-electron chi connectivity index (χ0n) is 20.6. The Bertz CT molecular complexity index is 1170. The molecule has 1 N–H and O–H groups in total. The lowest BCUT2D eigenvalue weighted by Gasteiger charge is -2.51. The number of Topliss-reactive ketones (excluding diaryl/α,β-unsaturated/α-hetero) is 1. The van der Waals surface area contributed by atoms with E-state index in [0.717, 1.165) is 37.2 Å². The molecule has 6 rings (SSSR count). The van der Waals surface area contributed by atoms with Crippen LogP contribution in [0.5, 0.6) is 0 Å². The van der Waals surface area contributed by atoms with E-state index in [1.54, 1.807) is 12.3 Å². The number of ether oxygens (including phenoxy) is 1. The number of nitrogens with zero attached hydrogens (tertiary/aromatic N) is 2. The topological polar surface area (TPSA) is 108 Å². The molecule has 0 amide bonds. The van der Waals surface area contributed by atoms with Crippen molar-refractivity contribution in [3.63, 3.8) is 0 Å². The van der Waals surface area contributed by atoms with Crippen LogP contribution in [-0.2, 0) is 14.3 Å². The Morgan fingerprint density at radius 1 is 1.00 bits per heavy atom. The van der Waals surface area contributed by atoms with Crippen LogP contribution < -0.4 is 10.4 Å². The number of hydrogen-bond donors (Lipinski definition) is 1. The lowest BCUT2D eigenvalue weighted by Crippen LogP contribution is -2.65. The van der Waals surface area contributed by atoms with Gasteiger partial charge in [-0.2, -0.15) is 0 Å². The molecule has 3 aromatic rings. The van der Waals surface area contributed by atoms with Crippen molar-refractivity contribution in [1.29, 1.82) is 0 Å². The first-order chi connectivity index (χ1) is 18.0. The van der Waals surface area contributed by atoms with Crippen molar-refractivity contribution in [1.82, 2.24) is 4.98 Å². The number of fused-ring (bicyclic) bond motifs is 3. The Hall–Kier alpha value is -4.04. The van der Waals surface area contributed by atoms with Gasteiger partial charge in [-0.15, -0.1) is 0 Å². The number of carbonyl (C=O) groups is 3. The number of benzene rings is 2. The Labute approximate surface area is 216 Å². The summed E-state index contributed by atoms with van der Waals surface area (Å²) in [5, 5.41) is 11.6. The van der Waals surface area contributed by atoms with Crippen molar-refractivity contribution in [2.75, 3.05) is 31.5 Å². The van der Waals surface area contributed by atoms with Crippen LogP contribution in [0.3, 0.4) is 0 Å². The van der Waals surface area contributed by atoms with Crippen LogP contribution in [0, 0.1) is 5.92 Å². The summed E-state index contributed by atoms with van der Waals surface area (Å²) in [4.78, 5) is 38.9. The van der Waals surface area contributed by atoms with Crippen molar-refractivity contribution in [2.45, 2.75) is 25.0 Å². The minimum Gasteiger partial charge on any atom is -0.554 e. The van der Waals surface area contributed by atoms with Crippen LogP contribution >= 0.6 is 0 Å². The molecule has 192 valence electrons. The van der Waals surface area contributed by atoms with E-state index in [1.165, 1.54) is 0 Å². The second-order valence-corrected chi connectivity index (χ2v) is 9.53. The number of quaternary nitrogens is 1. The average molecular weight is 502 g/mol. The molecule has 3 saturated heterocycles. The standard InChI is InChI=1S/C28H30N3O3.CH2O2/c32-25(24-13-7-8-16-29-24)19-31-17-14-21(15-18-31)26(20-31)34-28(33)27(22-9-3-1-4-10-22)30-23-11-5-2-6-12-23;2-1-3/h1-13,16,21,26-27,30H,14-15,17-20H2;1H,(H,2,3)/q+1;/p-1/t21?,26-,27?,31?;/m0./s1. The second kappa shape index (κ2) is 12.3. The van der Waals surface area contributed by atoms with E-state index in [1.807, 2.05) is 72.8 Å². The van der Waals surface area contributed by atoms with E-state index in [4.69, 9.17) is 14.6 Å². The molecule has 3 aliphatic heterocycles. The number of ketones is 1. The van der Waals surface area contributed by atoms with Crippen LogP contribution in [0.15, 0.2) is 85.1 Å². The van der Waals surface area contributed by atoms with Crippen molar-refractivity contribution in [2.24, 2.45) is 5.92 Å². The van der Waals surface area contributed by atoms with Gasteiger partial charge in [0.05, 0.1) is 13.1 Å². The fourth-order valence-electron chi connectivity index (χ4n) is 5.33. The van der Waals surface area contributed by atoms with E-state index in [0.29, 0.717) is 29.2 Å². The Balaban J connectivity index is 0.00000102. The van der Waals surface area contributed by atoms with E-state index in [2.05, 4.69) is 10.3 Å². The molecule has 2 atom stereocenters. The number of rotatable bonds is 8. The van der Waals surface area contributed by atoms with Gasteiger partial charge in [-0.05, 0) is 29.8 Å². The number of hydrogen-bond acceptors (Lipinski definition) is 7. The quantitative estimate of drug-likeness (QED) is 0.219. The summed E-state index contributed by atoms with van der Waals surface area (Å²) < 4.78 is 6.85. The summed E-state index contributed by atoms with van der Waals surface area (Å²) in [6, 6.07) is 24.2. The normalized spacial score (nSPS) is 22.6. The maximum absolute atomic E-state index is 13.5. The van der Waals surface area contributed by atoms with Gasteiger partial charge in [0, 0.05) is 37.1 Å². The van der Waals surface area contributed by atoms with E-state index < -0.39 is 12.5 Å². The maximum atomic E-state index is 13.5. The zero-order chi connectivity index (χ0) is 26.1. The van der Waals surface area contributed by atoms with E-state index >= 15 is 0 Å². The van der Waals surface area contributed by atoms with Crippen LogP contribution in [-0.4, -0.2) is 60.0 Å². The molecule has 4 heterocycles. The first-order valence-electron chi connectivity index (χ1n) is 12.5. The number of aromatic nitrogens is 1. The predicted octanol–water partition coefficient (Wildman–Crippen LogP) is 2.64. The number of esters is 1. The number of nitrogens with one attached hydrogen (secondary N) is 1. The Kier molecular flexibility index (Phi) is 8.64. The number of carboxylic acid groups (broad SMARTS) is 1. The van der Waals surface area contributed by atoms with Crippen molar-refractivity contribution < 1.29 is 28.7 Å². The SMILES string of the molecule is O=C(C[N+]12CCC(CC1)[C@@H](OC(=O)C(Nc1ccccc1)c1ccccc1)C2)c1ccccn1.O=C[O-]. The van der Waals surface area contributed by atoms with Gasteiger partial charge < -0.3 is 24.4 Å². The highest BCUT2D eigenvalue weighted by Crippen LogP contribution is 2.36. The minimum absolute atomic E-state index is 0.0546. The summed E-state index contributed by atoms with van der Waals surface area (Å²) >= 11 is 0. The maximum Gasteiger partial charge on any atom is 0.333 e. The highest BCUT2D eigenvalue weighted by Gasteiger charge is 2.49. The summed E-state index contributed by atoms with van der Waals surface area (Å²) in [5.41, 5.74) is 2.24. The molecular formula is C29H31N3O5. The van der Waals surface area contributed by atoms with E-state index in [9.17, 15) is 9.59 Å². The third-order valence-corrected chi connectivity index (χ3v) is 7.19. The van der Waals surface area contributed by atoms with Crippen molar-refractivity contribution in [3.8, 4) is 0 Å². The van der Waals surface area contributed by atoms with Crippen LogP contribution in [0.25, 0.3) is 0 Å². The van der Waals surface area contributed by atoms with Gasteiger partial charge in [0.2, 0.25) is 5.78 Å². The van der Waals surface area contributed by atoms with Crippen molar-refractivity contribution in [3.05, 3.63) is 96.3 Å². The molecule has 3 aliphatic rings. The third kappa shape index (κ3) is 6.59. The third-order valence-electron chi connectivity index (χ3n) is 7.19. The highest BCUT2D eigenvalue weighted by atomic mass is 16.5. The molecule has 2 aromatic carbocycles. The molecule has 0 spiro atoms. The predicted molar refractivity (Wildman–Crippen MR) is 136 cm³/mol. The number of para-hydroxylation sites is 1. The van der Waals surface area contributed by atoms with Gasteiger partial charge >= 0.3 is 5.97 Å². The summed E-state index contributed by atoms with van der Waals surface area (Å²) in [6.45, 7) is 2.48. The van der Waals surface area contributed by atoms with Gasteiger partial charge in [0.1, 0.15) is 18.8 Å². The fourth-order valence-corrected chi connectivity index (χ4v) is 5.33. The van der Waals surface area contributed by atoms with Gasteiger partial charge in [-0.3, -0.25) is 9.78 Å². The molecule has 0 radical (unpaired) electrons. The summed E-state index contributed by atoms with van der Waals surface area (Å²) in [6.07, 6.45) is 3.41. The van der Waals surface area contributed by atoms with Gasteiger partial charge in [0.25, 0.3) is 0 Å². The molecule has 0 aliphatic carbocycles. The number of pyridine rings is 1. The number of piperidine rings is 3. The Morgan fingerprint density at radius 3 is 2.24 bits per heavy atom. The second-order valence-electron chi connectivity index (χ2n) is 9.53. The molecule has 37 heavy (non-hydrogen) atoms. The molecule has 8 nitrogen and oxygen atoms in total. The fraction of sp³-hybridized carbons (Fsp3) is 0.310. The lowest BCUT2D eigenvalue weighted by atomic mass is 9.83. The molecule has 1 unspecified atom stereocenters. The monoisotopic (exact) mass is 501 g/mol. The molecule has 8 heteroatoms. The summed E-state index contributed by atoms with van der Waals surface area (Å²) in [5.74, 6) is 0.129. The van der Waals surface area contributed by atoms with Crippen LogP contribution in [0.4, 0.5) is 5.69 Å². The minimum atomic E-state index is -0.595. The molecular weight excluding hydrogens is 470 g/mol. The molecule has 2 bridgehead atoms. The smallest absolute Gasteiger partial charge is 0.333 e. The first kappa shape index (κ1) is 26.0. The molecule has 0 saturated carbocycles. The van der Waals surface area contributed by atoms with Gasteiger partial charge in [-0.25, -0.2) is 4.79 Å². The lowest BCUT2D eigenvalue weighted by molar-refractivity contribution is -0.938. The van der Waals surface area contributed by atoms with Gasteiger partial charge in [-0.1, -0.05) is 54.6 Å². The average Bonchev–Trinajstić information content (AvgIpc) is 2.94. The number of anilines is 1. The van der Waals surface area contributed by atoms with E-state index in [-0.39, 0.29) is 17.9 Å². The van der Waals surface area contributed by atoms with Crippen molar-refractivity contribution >= 4 is 23.9 Å². The van der Waals surface area contributed by atoms with Crippen LogP contribution in [0.1, 0.15) is 34.9 Å². The highest BCUT2D eigenvalue weighted by molar-refractivity contribution is 5.95. The largest absolute Gasteiger partial charge is 0.554 e. The molecule has 1 aromatic heterocycles.